The smallest absolute Gasteiger partial charge is 0.272 e. The van der Waals surface area contributed by atoms with E-state index >= 15 is 0 Å². The molecule has 0 fully saturated rings. The van der Waals surface area contributed by atoms with Gasteiger partial charge in [-0.25, -0.2) is 0 Å². The molecule has 2 aromatic rings. The number of carbonyl (C=O) groups excluding carboxylic acids is 1. The minimum absolute atomic E-state index is 0.0327. The molecule has 126 valence electrons. The van der Waals surface area contributed by atoms with Gasteiger partial charge in [-0.3, -0.25) is 14.9 Å². The van der Waals surface area contributed by atoms with E-state index in [1.165, 1.54) is 12.1 Å². The van der Waals surface area contributed by atoms with Gasteiger partial charge in [0.2, 0.25) is 0 Å². The Labute approximate surface area is 140 Å². The Morgan fingerprint density at radius 3 is 2.50 bits per heavy atom. The summed E-state index contributed by atoms with van der Waals surface area (Å²) in [6, 6.07) is 12.3. The van der Waals surface area contributed by atoms with Crippen LogP contribution in [0, 0.1) is 24.0 Å². The number of hydrogen-bond acceptors (Lipinski definition) is 4. The SMILES string of the molecule is Cc1ccccc1CN(C)C(=O)COc1ccc([N+](=O)[O-])c(C)c1. The average Bonchev–Trinajstić information content (AvgIpc) is 2.54. The fourth-order valence-electron chi connectivity index (χ4n) is 2.31. The van der Waals surface area contributed by atoms with E-state index in [0.717, 1.165) is 11.1 Å². The molecule has 2 rings (SSSR count). The van der Waals surface area contributed by atoms with E-state index in [1.807, 2.05) is 31.2 Å². The lowest BCUT2D eigenvalue weighted by molar-refractivity contribution is -0.385. The van der Waals surface area contributed by atoms with Crippen LogP contribution in [0.4, 0.5) is 5.69 Å². The van der Waals surface area contributed by atoms with Gasteiger partial charge < -0.3 is 9.64 Å². The quantitative estimate of drug-likeness (QED) is 0.603. The molecule has 0 spiro atoms. The van der Waals surface area contributed by atoms with Crippen LogP contribution in [0.3, 0.4) is 0 Å². The summed E-state index contributed by atoms with van der Waals surface area (Å²) in [7, 11) is 1.72. The number of nitro groups is 1. The number of hydrogen-bond donors (Lipinski definition) is 0. The summed E-state index contributed by atoms with van der Waals surface area (Å²) < 4.78 is 5.46. The molecule has 0 aliphatic carbocycles. The number of nitro benzene ring substituents is 1. The van der Waals surface area contributed by atoms with Crippen molar-refractivity contribution in [1.29, 1.82) is 0 Å². The normalized spacial score (nSPS) is 10.3. The van der Waals surface area contributed by atoms with Crippen molar-refractivity contribution in [2.75, 3.05) is 13.7 Å². The first-order chi connectivity index (χ1) is 11.4. The molecule has 24 heavy (non-hydrogen) atoms. The van der Waals surface area contributed by atoms with Crippen LogP contribution in [0.1, 0.15) is 16.7 Å². The van der Waals surface area contributed by atoms with Gasteiger partial charge in [-0.1, -0.05) is 24.3 Å². The van der Waals surface area contributed by atoms with Crippen LogP contribution >= 0.6 is 0 Å². The second kappa shape index (κ2) is 7.59. The van der Waals surface area contributed by atoms with Gasteiger partial charge in [-0.05, 0) is 37.1 Å². The molecule has 0 atom stereocenters. The van der Waals surface area contributed by atoms with Crippen LogP contribution in [0.25, 0.3) is 0 Å². The lowest BCUT2D eigenvalue weighted by atomic mass is 10.1. The van der Waals surface area contributed by atoms with Crippen molar-refractivity contribution in [2.24, 2.45) is 0 Å². The second-order valence-corrected chi connectivity index (χ2v) is 5.67. The van der Waals surface area contributed by atoms with Crippen molar-refractivity contribution in [3.63, 3.8) is 0 Å². The molecule has 0 aromatic heterocycles. The van der Waals surface area contributed by atoms with Crippen LogP contribution in [0.5, 0.6) is 5.75 Å². The maximum Gasteiger partial charge on any atom is 0.272 e. The van der Waals surface area contributed by atoms with Crippen molar-refractivity contribution in [1.82, 2.24) is 4.90 Å². The molecule has 6 nitrogen and oxygen atoms in total. The first kappa shape index (κ1) is 17.5. The molecule has 0 radical (unpaired) electrons. The van der Waals surface area contributed by atoms with Gasteiger partial charge >= 0.3 is 0 Å². The zero-order valence-electron chi connectivity index (χ0n) is 14.0. The fraction of sp³-hybridized carbons (Fsp3) is 0.278. The van der Waals surface area contributed by atoms with Crippen LogP contribution < -0.4 is 4.74 Å². The number of ether oxygens (including phenoxy) is 1. The molecule has 0 aliphatic rings. The summed E-state index contributed by atoms with van der Waals surface area (Å²) in [6.07, 6.45) is 0. The Hall–Kier alpha value is -2.89. The monoisotopic (exact) mass is 328 g/mol. The molecule has 0 aliphatic heterocycles. The summed E-state index contributed by atoms with van der Waals surface area (Å²) in [5, 5.41) is 10.8. The topological polar surface area (TPSA) is 72.7 Å². The van der Waals surface area contributed by atoms with Gasteiger partial charge in [0.1, 0.15) is 5.75 Å². The predicted molar refractivity (Wildman–Crippen MR) is 91.0 cm³/mol. The van der Waals surface area contributed by atoms with Crippen molar-refractivity contribution >= 4 is 11.6 Å². The molecule has 0 unspecified atom stereocenters. The Balaban J connectivity index is 1.94. The summed E-state index contributed by atoms with van der Waals surface area (Å²) in [5.74, 6) is 0.282. The number of likely N-dealkylation sites (N-methyl/N-ethyl adjacent to an activating group) is 1. The molecule has 0 N–H and O–H groups in total. The number of carbonyl (C=O) groups is 1. The highest BCUT2D eigenvalue weighted by molar-refractivity contribution is 5.77. The molecule has 0 heterocycles. The standard InChI is InChI=1S/C18H20N2O4/c1-13-6-4-5-7-15(13)11-19(3)18(21)12-24-16-8-9-17(20(22)23)14(2)10-16/h4-10H,11-12H2,1-3H3. The predicted octanol–water partition coefficient (Wildman–Crippen LogP) is 3.25. The van der Waals surface area contributed by atoms with Crippen LogP contribution in [0.2, 0.25) is 0 Å². The van der Waals surface area contributed by atoms with Gasteiger partial charge in [0.25, 0.3) is 11.6 Å². The molecular weight excluding hydrogens is 308 g/mol. The minimum atomic E-state index is -0.444. The summed E-state index contributed by atoms with van der Waals surface area (Å²) in [6.45, 7) is 4.04. The van der Waals surface area contributed by atoms with E-state index in [4.69, 9.17) is 4.74 Å². The van der Waals surface area contributed by atoms with Gasteiger partial charge in [-0.15, -0.1) is 0 Å². The van der Waals surface area contributed by atoms with Crippen molar-refractivity contribution in [3.05, 3.63) is 69.3 Å². The van der Waals surface area contributed by atoms with Crippen LogP contribution in [0.15, 0.2) is 42.5 Å². The lowest BCUT2D eigenvalue weighted by Gasteiger charge is -2.18. The molecule has 1 amide bonds. The highest BCUT2D eigenvalue weighted by atomic mass is 16.6. The fourth-order valence-corrected chi connectivity index (χ4v) is 2.31. The third kappa shape index (κ3) is 4.32. The first-order valence-electron chi connectivity index (χ1n) is 7.55. The Morgan fingerprint density at radius 2 is 1.88 bits per heavy atom. The molecule has 0 bridgehead atoms. The number of rotatable bonds is 6. The maximum atomic E-state index is 12.2. The second-order valence-electron chi connectivity index (χ2n) is 5.67. The zero-order valence-corrected chi connectivity index (χ0v) is 14.0. The van der Waals surface area contributed by atoms with Crippen molar-refractivity contribution < 1.29 is 14.5 Å². The lowest BCUT2D eigenvalue weighted by Crippen LogP contribution is -2.31. The third-order valence-electron chi connectivity index (χ3n) is 3.82. The largest absolute Gasteiger partial charge is 0.484 e. The third-order valence-corrected chi connectivity index (χ3v) is 3.82. The van der Waals surface area contributed by atoms with E-state index in [2.05, 4.69) is 0 Å². The summed E-state index contributed by atoms with van der Waals surface area (Å²) >= 11 is 0. The first-order valence-corrected chi connectivity index (χ1v) is 7.55. The van der Waals surface area contributed by atoms with E-state index in [-0.39, 0.29) is 18.2 Å². The van der Waals surface area contributed by atoms with Crippen LogP contribution in [-0.2, 0) is 11.3 Å². The Kier molecular flexibility index (Phi) is 5.52. The minimum Gasteiger partial charge on any atom is -0.484 e. The Bertz CT molecular complexity index is 758. The zero-order chi connectivity index (χ0) is 17.7. The summed E-state index contributed by atoms with van der Waals surface area (Å²) in [5.41, 5.74) is 2.74. The number of aryl methyl sites for hydroxylation is 2. The highest BCUT2D eigenvalue weighted by Gasteiger charge is 2.14. The number of nitrogens with zero attached hydrogens (tertiary/aromatic N) is 2. The van der Waals surface area contributed by atoms with E-state index in [9.17, 15) is 14.9 Å². The van der Waals surface area contributed by atoms with Gasteiger partial charge in [0, 0.05) is 25.2 Å². The van der Waals surface area contributed by atoms with Crippen molar-refractivity contribution in [2.45, 2.75) is 20.4 Å². The molecule has 6 heteroatoms. The molecule has 0 saturated heterocycles. The molecule has 0 saturated carbocycles. The van der Waals surface area contributed by atoms with Crippen LogP contribution in [-0.4, -0.2) is 29.4 Å². The number of amides is 1. The van der Waals surface area contributed by atoms with E-state index in [0.29, 0.717) is 17.9 Å². The number of benzene rings is 2. The van der Waals surface area contributed by atoms with Gasteiger partial charge in [0.05, 0.1) is 4.92 Å². The maximum absolute atomic E-state index is 12.2. The molecule has 2 aromatic carbocycles. The van der Waals surface area contributed by atoms with Gasteiger partial charge in [-0.2, -0.15) is 0 Å². The molecular formula is C18H20N2O4. The highest BCUT2D eigenvalue weighted by Crippen LogP contribution is 2.23. The summed E-state index contributed by atoms with van der Waals surface area (Å²) in [4.78, 5) is 24.1. The Morgan fingerprint density at radius 1 is 1.17 bits per heavy atom. The van der Waals surface area contributed by atoms with Gasteiger partial charge in [0.15, 0.2) is 6.61 Å². The van der Waals surface area contributed by atoms with E-state index < -0.39 is 4.92 Å². The van der Waals surface area contributed by atoms with Crippen molar-refractivity contribution in [3.8, 4) is 5.75 Å². The average molecular weight is 328 g/mol. The van der Waals surface area contributed by atoms with E-state index in [1.54, 1.807) is 24.9 Å².